The number of thioether (sulfide) groups is 1. The SMILES string of the molecule is O=C(O)c1cc(SCC(O)c2ccccc2)ccc1Br. The molecule has 2 aromatic rings. The van der Waals surface area contributed by atoms with Crippen LogP contribution >= 0.6 is 27.7 Å². The number of carbonyl (C=O) groups is 1. The van der Waals surface area contributed by atoms with Gasteiger partial charge in [0.25, 0.3) is 0 Å². The van der Waals surface area contributed by atoms with Gasteiger partial charge >= 0.3 is 5.97 Å². The predicted molar refractivity (Wildman–Crippen MR) is 83.2 cm³/mol. The van der Waals surface area contributed by atoms with E-state index in [1.807, 2.05) is 36.4 Å². The first-order chi connectivity index (χ1) is 9.58. The van der Waals surface area contributed by atoms with E-state index in [9.17, 15) is 9.90 Å². The summed E-state index contributed by atoms with van der Waals surface area (Å²) in [5.41, 5.74) is 1.08. The maximum Gasteiger partial charge on any atom is 0.336 e. The van der Waals surface area contributed by atoms with Gasteiger partial charge in [-0.2, -0.15) is 0 Å². The third-order valence-corrected chi connectivity index (χ3v) is 4.52. The van der Waals surface area contributed by atoms with Crippen LogP contribution in [0.2, 0.25) is 0 Å². The number of carboxylic acids is 1. The first-order valence-corrected chi connectivity index (χ1v) is 7.74. The number of rotatable bonds is 5. The maximum atomic E-state index is 11.0. The van der Waals surface area contributed by atoms with Crippen molar-refractivity contribution in [1.82, 2.24) is 0 Å². The lowest BCUT2D eigenvalue weighted by Gasteiger charge is -2.11. The second-order valence-electron chi connectivity index (χ2n) is 4.18. The van der Waals surface area contributed by atoms with Crippen molar-refractivity contribution in [2.45, 2.75) is 11.0 Å². The van der Waals surface area contributed by atoms with Crippen LogP contribution in [0.15, 0.2) is 57.9 Å². The summed E-state index contributed by atoms with van der Waals surface area (Å²) >= 11 is 4.64. The largest absolute Gasteiger partial charge is 0.478 e. The molecule has 0 radical (unpaired) electrons. The van der Waals surface area contributed by atoms with Gasteiger partial charge in [-0.25, -0.2) is 4.79 Å². The van der Waals surface area contributed by atoms with Crippen molar-refractivity contribution in [3.8, 4) is 0 Å². The molecular formula is C15H13BrO3S. The Morgan fingerprint density at radius 3 is 2.55 bits per heavy atom. The molecule has 0 fully saturated rings. The van der Waals surface area contributed by atoms with Gasteiger partial charge in [0.1, 0.15) is 0 Å². The molecule has 1 atom stereocenters. The topological polar surface area (TPSA) is 57.5 Å². The van der Waals surface area contributed by atoms with E-state index in [1.54, 1.807) is 12.1 Å². The number of aromatic carboxylic acids is 1. The lowest BCUT2D eigenvalue weighted by atomic mass is 10.1. The molecule has 0 saturated carbocycles. The van der Waals surface area contributed by atoms with Gasteiger partial charge < -0.3 is 10.2 Å². The molecular weight excluding hydrogens is 340 g/mol. The fourth-order valence-electron chi connectivity index (χ4n) is 1.70. The normalized spacial score (nSPS) is 12.1. The molecule has 2 rings (SSSR count). The van der Waals surface area contributed by atoms with Crippen molar-refractivity contribution in [3.05, 3.63) is 64.1 Å². The van der Waals surface area contributed by atoms with Crippen molar-refractivity contribution in [3.63, 3.8) is 0 Å². The molecule has 2 N–H and O–H groups in total. The average Bonchev–Trinajstić information content (AvgIpc) is 2.46. The van der Waals surface area contributed by atoms with E-state index in [0.717, 1.165) is 10.5 Å². The van der Waals surface area contributed by atoms with E-state index in [4.69, 9.17) is 5.11 Å². The zero-order chi connectivity index (χ0) is 14.5. The summed E-state index contributed by atoms with van der Waals surface area (Å²) in [6.45, 7) is 0. The summed E-state index contributed by atoms with van der Waals surface area (Å²) in [5.74, 6) is -0.493. The Hall–Kier alpha value is -1.30. The Balaban J connectivity index is 2.04. The molecule has 0 heterocycles. The molecule has 104 valence electrons. The average molecular weight is 353 g/mol. The Bertz CT molecular complexity index is 601. The maximum absolute atomic E-state index is 11.0. The molecule has 0 aliphatic rings. The Labute approximate surface area is 129 Å². The molecule has 5 heteroatoms. The van der Waals surface area contributed by atoms with Gasteiger partial charge in [0.15, 0.2) is 0 Å². The summed E-state index contributed by atoms with van der Waals surface area (Å²) in [6, 6.07) is 14.5. The van der Waals surface area contributed by atoms with Crippen molar-refractivity contribution >= 4 is 33.7 Å². The predicted octanol–water partition coefficient (Wildman–Crippen LogP) is 3.97. The molecule has 0 aromatic heterocycles. The number of aliphatic hydroxyl groups excluding tert-OH is 1. The van der Waals surface area contributed by atoms with Crippen molar-refractivity contribution in [2.75, 3.05) is 5.75 Å². The molecule has 0 saturated heterocycles. The molecule has 2 aromatic carbocycles. The summed E-state index contributed by atoms with van der Waals surface area (Å²) < 4.78 is 0.554. The molecule has 20 heavy (non-hydrogen) atoms. The van der Waals surface area contributed by atoms with Crippen LogP contribution in [-0.4, -0.2) is 21.9 Å². The lowest BCUT2D eigenvalue weighted by Crippen LogP contribution is -2.01. The van der Waals surface area contributed by atoms with E-state index in [2.05, 4.69) is 15.9 Å². The highest BCUT2D eigenvalue weighted by molar-refractivity contribution is 9.10. The fraction of sp³-hybridized carbons (Fsp3) is 0.133. The molecule has 0 aliphatic heterocycles. The number of hydrogen-bond acceptors (Lipinski definition) is 3. The van der Waals surface area contributed by atoms with Gasteiger partial charge in [-0.1, -0.05) is 30.3 Å². The highest BCUT2D eigenvalue weighted by Crippen LogP contribution is 2.28. The number of benzene rings is 2. The van der Waals surface area contributed by atoms with Crippen LogP contribution in [0.3, 0.4) is 0 Å². The minimum absolute atomic E-state index is 0.226. The third kappa shape index (κ3) is 3.85. The van der Waals surface area contributed by atoms with Crippen LogP contribution < -0.4 is 0 Å². The fourth-order valence-corrected chi connectivity index (χ4v) is 3.03. The van der Waals surface area contributed by atoms with Crippen LogP contribution in [0.25, 0.3) is 0 Å². The minimum atomic E-state index is -0.970. The molecule has 0 spiro atoms. The van der Waals surface area contributed by atoms with Crippen molar-refractivity contribution in [2.24, 2.45) is 0 Å². The third-order valence-electron chi connectivity index (χ3n) is 2.76. The number of carboxylic acid groups (broad SMARTS) is 1. The van der Waals surface area contributed by atoms with E-state index >= 15 is 0 Å². The van der Waals surface area contributed by atoms with Crippen LogP contribution in [0.5, 0.6) is 0 Å². The minimum Gasteiger partial charge on any atom is -0.478 e. The Morgan fingerprint density at radius 2 is 1.90 bits per heavy atom. The first kappa shape index (κ1) is 15.1. The monoisotopic (exact) mass is 352 g/mol. The summed E-state index contributed by atoms with van der Waals surface area (Å²) in [4.78, 5) is 11.9. The highest BCUT2D eigenvalue weighted by Gasteiger charge is 2.11. The Morgan fingerprint density at radius 1 is 1.20 bits per heavy atom. The summed E-state index contributed by atoms with van der Waals surface area (Å²) in [7, 11) is 0. The van der Waals surface area contributed by atoms with Gasteiger partial charge in [-0.3, -0.25) is 0 Å². The zero-order valence-electron chi connectivity index (χ0n) is 10.5. The van der Waals surface area contributed by atoms with Gasteiger partial charge in [0, 0.05) is 15.1 Å². The van der Waals surface area contributed by atoms with Crippen LogP contribution in [-0.2, 0) is 0 Å². The second kappa shape index (κ2) is 6.92. The lowest BCUT2D eigenvalue weighted by molar-refractivity contribution is 0.0695. The van der Waals surface area contributed by atoms with Gasteiger partial charge in [0.2, 0.25) is 0 Å². The van der Waals surface area contributed by atoms with Crippen LogP contribution in [0, 0.1) is 0 Å². The highest BCUT2D eigenvalue weighted by atomic mass is 79.9. The van der Waals surface area contributed by atoms with Gasteiger partial charge in [-0.05, 0) is 39.7 Å². The molecule has 0 bridgehead atoms. The standard InChI is InChI=1S/C15H13BrO3S/c16-13-7-6-11(8-12(13)15(18)19)20-9-14(17)10-4-2-1-3-5-10/h1-8,14,17H,9H2,(H,18,19). The quantitative estimate of drug-likeness (QED) is 0.799. The number of aliphatic hydroxyl groups is 1. The van der Waals surface area contributed by atoms with Crippen molar-refractivity contribution < 1.29 is 15.0 Å². The van der Waals surface area contributed by atoms with Crippen LogP contribution in [0.4, 0.5) is 0 Å². The van der Waals surface area contributed by atoms with Crippen LogP contribution in [0.1, 0.15) is 22.0 Å². The summed E-state index contributed by atoms with van der Waals surface area (Å²) in [6.07, 6.45) is -0.571. The smallest absolute Gasteiger partial charge is 0.336 e. The van der Waals surface area contributed by atoms with Gasteiger partial charge in [-0.15, -0.1) is 11.8 Å². The zero-order valence-corrected chi connectivity index (χ0v) is 12.9. The Kier molecular flexibility index (Phi) is 5.23. The number of hydrogen-bond donors (Lipinski definition) is 2. The van der Waals surface area contributed by atoms with E-state index < -0.39 is 12.1 Å². The first-order valence-electron chi connectivity index (χ1n) is 5.96. The van der Waals surface area contributed by atoms with Gasteiger partial charge in [0.05, 0.1) is 11.7 Å². The van der Waals surface area contributed by atoms with E-state index in [-0.39, 0.29) is 5.56 Å². The molecule has 0 aliphatic carbocycles. The molecule has 0 amide bonds. The molecule has 3 nitrogen and oxygen atoms in total. The van der Waals surface area contributed by atoms with E-state index in [0.29, 0.717) is 10.2 Å². The second-order valence-corrected chi connectivity index (χ2v) is 6.13. The summed E-state index contributed by atoms with van der Waals surface area (Å²) in [5, 5.41) is 19.1. The van der Waals surface area contributed by atoms with Crippen molar-refractivity contribution in [1.29, 1.82) is 0 Å². The number of halogens is 1. The molecule has 1 unspecified atom stereocenters. The van der Waals surface area contributed by atoms with E-state index in [1.165, 1.54) is 11.8 Å².